The first-order valence-electron chi connectivity index (χ1n) is 7.03. The third-order valence-electron chi connectivity index (χ3n) is 3.79. The second-order valence-corrected chi connectivity index (χ2v) is 5.37. The van der Waals surface area contributed by atoms with Crippen LogP contribution in [0.5, 0.6) is 0 Å². The van der Waals surface area contributed by atoms with Crippen LogP contribution in [0, 0.1) is 6.92 Å². The first kappa shape index (κ1) is 14.5. The average molecular weight is 303 g/mol. The number of nitrogens with zero attached hydrogens (tertiary/aromatic N) is 4. The number of aromatic amines is 1. The molecule has 1 amide bonds. The number of carbonyl (C=O) groups excluding carboxylic acids is 1. The summed E-state index contributed by atoms with van der Waals surface area (Å²) in [5, 5.41) is 3.81. The molecule has 2 aromatic rings. The second-order valence-electron chi connectivity index (χ2n) is 5.37. The van der Waals surface area contributed by atoms with Crippen molar-refractivity contribution in [2.45, 2.75) is 13.0 Å². The summed E-state index contributed by atoms with van der Waals surface area (Å²) in [6.07, 6.45) is 1.44. The van der Waals surface area contributed by atoms with E-state index in [2.05, 4.69) is 20.0 Å². The number of rotatable bonds is 2. The molecule has 1 N–H and O–H groups in total. The lowest BCUT2D eigenvalue weighted by Crippen LogP contribution is -2.49. The first-order chi connectivity index (χ1) is 10.5. The smallest absolute Gasteiger partial charge is 0.255 e. The van der Waals surface area contributed by atoms with E-state index in [0.717, 1.165) is 0 Å². The minimum atomic E-state index is -0.228. The molecule has 1 aliphatic rings. The Labute approximate surface area is 126 Å². The van der Waals surface area contributed by atoms with Crippen molar-refractivity contribution in [2.24, 2.45) is 0 Å². The summed E-state index contributed by atoms with van der Waals surface area (Å²) in [5.41, 5.74) is 0.235. The second kappa shape index (κ2) is 5.72. The number of carbonyl (C=O) groups is 1. The van der Waals surface area contributed by atoms with E-state index >= 15 is 0 Å². The monoisotopic (exact) mass is 303 g/mol. The van der Waals surface area contributed by atoms with Gasteiger partial charge in [0.25, 0.3) is 5.91 Å². The molecule has 0 bridgehead atoms. The van der Waals surface area contributed by atoms with Crippen LogP contribution >= 0.6 is 0 Å². The van der Waals surface area contributed by atoms with Gasteiger partial charge in [-0.25, -0.2) is 0 Å². The van der Waals surface area contributed by atoms with Crippen LogP contribution in [0.3, 0.4) is 0 Å². The maximum Gasteiger partial charge on any atom is 0.255 e. The molecule has 0 saturated carbocycles. The van der Waals surface area contributed by atoms with Gasteiger partial charge >= 0.3 is 0 Å². The summed E-state index contributed by atoms with van der Waals surface area (Å²) in [5.74, 6) is 0.969. The van der Waals surface area contributed by atoms with Gasteiger partial charge in [-0.15, -0.1) is 0 Å². The number of hydrogen-bond donors (Lipinski definition) is 1. The van der Waals surface area contributed by atoms with Crippen molar-refractivity contribution < 1.29 is 9.32 Å². The molecule has 8 heteroatoms. The van der Waals surface area contributed by atoms with Crippen molar-refractivity contribution in [1.29, 1.82) is 0 Å². The fraction of sp³-hybridized carbons (Fsp3) is 0.429. The highest BCUT2D eigenvalue weighted by atomic mass is 16.5. The average Bonchev–Trinajstić information content (AvgIpc) is 2.94. The molecular weight excluding hydrogens is 286 g/mol. The van der Waals surface area contributed by atoms with Crippen LogP contribution < -0.4 is 5.56 Å². The summed E-state index contributed by atoms with van der Waals surface area (Å²) in [6.45, 7) is 3.55. The fourth-order valence-electron chi connectivity index (χ4n) is 2.50. The Morgan fingerprint density at radius 1 is 1.41 bits per heavy atom. The third-order valence-corrected chi connectivity index (χ3v) is 3.79. The highest BCUT2D eigenvalue weighted by Gasteiger charge is 2.32. The Hall–Kier alpha value is -2.48. The fourth-order valence-corrected chi connectivity index (χ4v) is 2.50. The Bertz CT molecular complexity index is 718. The van der Waals surface area contributed by atoms with E-state index in [9.17, 15) is 9.59 Å². The van der Waals surface area contributed by atoms with Gasteiger partial charge in [0.1, 0.15) is 6.04 Å². The molecule has 8 nitrogen and oxygen atoms in total. The van der Waals surface area contributed by atoms with Crippen LogP contribution in [0.15, 0.2) is 27.6 Å². The molecule has 1 fully saturated rings. The number of H-pyrrole nitrogens is 1. The molecule has 3 rings (SSSR count). The molecule has 116 valence electrons. The molecule has 2 aromatic heterocycles. The SMILES string of the molecule is Cc1noc([C@H]2CN(C(=O)c3ccc(=O)[nH]c3)CCN2C)n1. The van der Waals surface area contributed by atoms with Crippen LogP contribution in [0.1, 0.15) is 28.1 Å². The largest absolute Gasteiger partial charge is 0.338 e. The number of likely N-dealkylation sites (N-methyl/N-ethyl adjacent to an activating group) is 1. The number of amides is 1. The minimum absolute atomic E-state index is 0.120. The molecule has 1 aliphatic heterocycles. The summed E-state index contributed by atoms with van der Waals surface area (Å²) in [6, 6.07) is 2.76. The van der Waals surface area contributed by atoms with E-state index < -0.39 is 0 Å². The zero-order chi connectivity index (χ0) is 15.7. The molecule has 0 radical (unpaired) electrons. The van der Waals surface area contributed by atoms with Gasteiger partial charge in [-0.2, -0.15) is 4.98 Å². The van der Waals surface area contributed by atoms with E-state index in [0.29, 0.717) is 36.9 Å². The summed E-state index contributed by atoms with van der Waals surface area (Å²) < 4.78 is 5.24. The molecule has 0 aliphatic carbocycles. The molecule has 22 heavy (non-hydrogen) atoms. The Morgan fingerprint density at radius 2 is 2.23 bits per heavy atom. The van der Waals surface area contributed by atoms with Gasteiger partial charge in [-0.3, -0.25) is 14.5 Å². The number of piperazine rings is 1. The number of pyridine rings is 1. The van der Waals surface area contributed by atoms with E-state index in [1.807, 2.05) is 7.05 Å². The van der Waals surface area contributed by atoms with Crippen LogP contribution in [0.25, 0.3) is 0 Å². The Balaban J connectivity index is 1.79. The molecule has 0 aromatic carbocycles. The van der Waals surface area contributed by atoms with Crippen molar-refractivity contribution in [3.8, 4) is 0 Å². The van der Waals surface area contributed by atoms with Gasteiger partial charge in [0.05, 0.1) is 5.56 Å². The van der Waals surface area contributed by atoms with Crippen molar-refractivity contribution in [3.05, 3.63) is 46.0 Å². The van der Waals surface area contributed by atoms with Crippen LogP contribution in [0.4, 0.5) is 0 Å². The lowest BCUT2D eigenvalue weighted by atomic mass is 10.1. The summed E-state index contributed by atoms with van der Waals surface area (Å²) >= 11 is 0. The van der Waals surface area contributed by atoms with E-state index in [-0.39, 0.29) is 17.5 Å². The van der Waals surface area contributed by atoms with Gasteiger partial charge in [0, 0.05) is 31.9 Å². The van der Waals surface area contributed by atoms with Gasteiger partial charge in [-0.1, -0.05) is 5.16 Å². The number of hydrogen-bond acceptors (Lipinski definition) is 6. The minimum Gasteiger partial charge on any atom is -0.338 e. The van der Waals surface area contributed by atoms with Crippen LogP contribution in [-0.4, -0.2) is 57.5 Å². The highest BCUT2D eigenvalue weighted by Crippen LogP contribution is 2.23. The van der Waals surface area contributed by atoms with E-state index in [1.54, 1.807) is 11.8 Å². The number of aryl methyl sites for hydroxylation is 1. The topological polar surface area (TPSA) is 95.3 Å². The molecule has 1 saturated heterocycles. The number of nitrogens with one attached hydrogen (secondary N) is 1. The maximum atomic E-state index is 12.5. The summed E-state index contributed by atoms with van der Waals surface area (Å²) in [7, 11) is 1.96. The molecule has 3 heterocycles. The zero-order valence-electron chi connectivity index (χ0n) is 12.4. The van der Waals surface area contributed by atoms with Crippen molar-refractivity contribution in [3.63, 3.8) is 0 Å². The zero-order valence-corrected chi connectivity index (χ0v) is 12.4. The maximum absolute atomic E-state index is 12.5. The van der Waals surface area contributed by atoms with Crippen LogP contribution in [0.2, 0.25) is 0 Å². The van der Waals surface area contributed by atoms with Gasteiger partial charge in [-0.05, 0) is 20.0 Å². The Morgan fingerprint density at radius 3 is 2.86 bits per heavy atom. The molecular formula is C14H17N5O3. The molecule has 0 spiro atoms. The van der Waals surface area contributed by atoms with E-state index in [1.165, 1.54) is 18.3 Å². The lowest BCUT2D eigenvalue weighted by molar-refractivity contribution is 0.0488. The van der Waals surface area contributed by atoms with Crippen LogP contribution in [-0.2, 0) is 0 Å². The van der Waals surface area contributed by atoms with Gasteiger partial charge < -0.3 is 14.4 Å². The van der Waals surface area contributed by atoms with Crippen molar-refractivity contribution in [2.75, 3.05) is 26.7 Å². The van der Waals surface area contributed by atoms with Gasteiger partial charge in [0.15, 0.2) is 5.82 Å². The lowest BCUT2D eigenvalue weighted by Gasteiger charge is -2.37. The Kier molecular flexibility index (Phi) is 3.76. The van der Waals surface area contributed by atoms with Crippen molar-refractivity contribution in [1.82, 2.24) is 24.9 Å². The summed E-state index contributed by atoms with van der Waals surface area (Å²) in [4.78, 5) is 34.2. The normalized spacial score (nSPS) is 19.4. The third kappa shape index (κ3) is 2.77. The standard InChI is InChI=1S/C14H17N5O3/c1-9-16-13(22-17-9)11-8-19(6-5-18(11)2)14(21)10-3-4-12(20)15-7-10/h3-4,7,11H,5-6,8H2,1-2H3,(H,15,20)/t11-/m1/s1. The predicted octanol–water partition coefficient (Wildman–Crippen LogP) is 0.195. The quantitative estimate of drug-likeness (QED) is 0.851. The molecule has 1 atom stereocenters. The van der Waals surface area contributed by atoms with Crippen molar-refractivity contribution >= 4 is 5.91 Å². The predicted molar refractivity (Wildman–Crippen MR) is 77.4 cm³/mol. The molecule has 0 unspecified atom stereocenters. The van der Waals surface area contributed by atoms with E-state index in [4.69, 9.17) is 4.52 Å². The first-order valence-corrected chi connectivity index (χ1v) is 7.03. The van der Waals surface area contributed by atoms with Gasteiger partial charge in [0.2, 0.25) is 11.4 Å². The number of aromatic nitrogens is 3. The highest BCUT2D eigenvalue weighted by molar-refractivity contribution is 5.93.